The number of rotatable bonds is 4. The lowest BCUT2D eigenvalue weighted by molar-refractivity contribution is -0.148. The Labute approximate surface area is 127 Å². The van der Waals surface area contributed by atoms with Crippen LogP contribution in [-0.4, -0.2) is 22.0 Å². The SMILES string of the molecule is Cc1csc(C(C)NC(=O)C2C3C=CC(C3)C2C(=O)O)n1. The molecule has 3 rings (SSSR count). The molecule has 2 aliphatic rings. The zero-order valence-electron chi connectivity index (χ0n) is 11.9. The van der Waals surface area contributed by atoms with Crippen LogP contribution in [0.25, 0.3) is 0 Å². The summed E-state index contributed by atoms with van der Waals surface area (Å²) in [6.07, 6.45) is 4.72. The predicted molar refractivity (Wildman–Crippen MR) is 78.8 cm³/mol. The van der Waals surface area contributed by atoms with Crippen LogP contribution in [0.15, 0.2) is 17.5 Å². The Morgan fingerprint density at radius 2 is 2.05 bits per heavy atom. The number of hydrogen-bond acceptors (Lipinski definition) is 4. The number of amides is 1. The highest BCUT2D eigenvalue weighted by atomic mass is 32.1. The second-order valence-electron chi connectivity index (χ2n) is 5.90. The zero-order valence-corrected chi connectivity index (χ0v) is 12.8. The molecule has 5 unspecified atom stereocenters. The highest BCUT2D eigenvalue weighted by Crippen LogP contribution is 2.48. The molecule has 112 valence electrons. The molecule has 2 aliphatic carbocycles. The van der Waals surface area contributed by atoms with Gasteiger partial charge in [-0.15, -0.1) is 11.3 Å². The Morgan fingerprint density at radius 1 is 1.38 bits per heavy atom. The molecule has 5 atom stereocenters. The van der Waals surface area contributed by atoms with Gasteiger partial charge in [0, 0.05) is 11.1 Å². The summed E-state index contributed by atoms with van der Waals surface area (Å²) < 4.78 is 0. The maximum atomic E-state index is 12.5. The highest BCUT2D eigenvalue weighted by molar-refractivity contribution is 7.09. The molecule has 0 spiro atoms. The number of carboxylic acids is 1. The largest absolute Gasteiger partial charge is 0.481 e. The van der Waals surface area contributed by atoms with Gasteiger partial charge < -0.3 is 10.4 Å². The van der Waals surface area contributed by atoms with Crippen LogP contribution in [0, 0.1) is 30.6 Å². The predicted octanol–water partition coefficient (Wildman–Crippen LogP) is 2.15. The lowest BCUT2D eigenvalue weighted by Gasteiger charge is -2.25. The van der Waals surface area contributed by atoms with Crippen molar-refractivity contribution >= 4 is 23.2 Å². The summed E-state index contributed by atoms with van der Waals surface area (Å²) in [5, 5.41) is 15.1. The van der Waals surface area contributed by atoms with E-state index in [1.165, 1.54) is 11.3 Å². The molecule has 0 aliphatic heterocycles. The number of aryl methyl sites for hydroxylation is 1. The van der Waals surface area contributed by atoms with Gasteiger partial charge in [0.15, 0.2) is 0 Å². The average Bonchev–Trinajstić information content (AvgIpc) is 3.12. The molecule has 1 aromatic rings. The Balaban J connectivity index is 1.73. The number of thiazole rings is 1. The van der Waals surface area contributed by atoms with Gasteiger partial charge in [0.1, 0.15) is 5.01 Å². The summed E-state index contributed by atoms with van der Waals surface area (Å²) >= 11 is 1.51. The van der Waals surface area contributed by atoms with E-state index in [1.807, 2.05) is 31.4 Å². The van der Waals surface area contributed by atoms with E-state index in [1.54, 1.807) is 0 Å². The monoisotopic (exact) mass is 306 g/mol. The first-order chi connectivity index (χ1) is 9.97. The first kappa shape index (κ1) is 14.3. The molecule has 21 heavy (non-hydrogen) atoms. The summed E-state index contributed by atoms with van der Waals surface area (Å²) in [7, 11) is 0. The lowest BCUT2D eigenvalue weighted by Crippen LogP contribution is -2.41. The maximum Gasteiger partial charge on any atom is 0.307 e. The van der Waals surface area contributed by atoms with Crippen molar-refractivity contribution in [3.63, 3.8) is 0 Å². The van der Waals surface area contributed by atoms with Gasteiger partial charge in [-0.3, -0.25) is 9.59 Å². The zero-order chi connectivity index (χ0) is 15.1. The standard InChI is InChI=1S/C15H18N2O3S/c1-7-6-21-14(16-7)8(2)17-13(18)11-9-3-4-10(5-9)12(11)15(19)20/h3-4,6,8-12H,5H2,1-2H3,(H,17,18)(H,19,20). The van der Waals surface area contributed by atoms with E-state index in [0.29, 0.717) is 0 Å². The maximum absolute atomic E-state index is 12.5. The van der Waals surface area contributed by atoms with Crippen LogP contribution in [0.3, 0.4) is 0 Å². The molecule has 0 aromatic carbocycles. The first-order valence-electron chi connectivity index (χ1n) is 7.11. The van der Waals surface area contributed by atoms with E-state index < -0.39 is 17.8 Å². The van der Waals surface area contributed by atoms with Gasteiger partial charge in [0.2, 0.25) is 5.91 Å². The second-order valence-corrected chi connectivity index (χ2v) is 6.79. The minimum atomic E-state index is -0.871. The number of allylic oxidation sites excluding steroid dienone is 2. The van der Waals surface area contributed by atoms with E-state index in [9.17, 15) is 14.7 Å². The van der Waals surface area contributed by atoms with Gasteiger partial charge in [0.05, 0.1) is 17.9 Å². The van der Waals surface area contributed by atoms with E-state index in [4.69, 9.17) is 0 Å². The van der Waals surface area contributed by atoms with Crippen molar-refractivity contribution < 1.29 is 14.7 Å². The van der Waals surface area contributed by atoms with Crippen molar-refractivity contribution in [3.8, 4) is 0 Å². The van der Waals surface area contributed by atoms with Crippen molar-refractivity contribution in [1.29, 1.82) is 0 Å². The van der Waals surface area contributed by atoms with Crippen LogP contribution < -0.4 is 5.32 Å². The quantitative estimate of drug-likeness (QED) is 0.835. The van der Waals surface area contributed by atoms with Crippen LogP contribution in [0.4, 0.5) is 0 Å². The van der Waals surface area contributed by atoms with Crippen molar-refractivity contribution in [2.75, 3.05) is 0 Å². The minimum Gasteiger partial charge on any atom is -0.481 e. The summed E-state index contributed by atoms with van der Waals surface area (Å²) in [6, 6.07) is -0.186. The third kappa shape index (κ3) is 2.48. The molecule has 1 fully saturated rings. The summed E-state index contributed by atoms with van der Waals surface area (Å²) in [4.78, 5) is 28.3. The first-order valence-corrected chi connectivity index (χ1v) is 7.99. The van der Waals surface area contributed by atoms with Crippen molar-refractivity contribution in [2.24, 2.45) is 23.7 Å². The molecule has 1 amide bonds. The third-order valence-corrected chi connectivity index (χ3v) is 5.56. The molecular weight excluding hydrogens is 288 g/mol. The molecule has 5 nitrogen and oxygen atoms in total. The number of aliphatic carboxylic acids is 1. The van der Waals surface area contributed by atoms with Crippen LogP contribution in [0.2, 0.25) is 0 Å². The summed E-state index contributed by atoms with van der Waals surface area (Å²) in [6.45, 7) is 3.80. The fraction of sp³-hybridized carbons (Fsp3) is 0.533. The molecule has 1 aromatic heterocycles. The van der Waals surface area contributed by atoms with Crippen LogP contribution in [-0.2, 0) is 9.59 Å². The topological polar surface area (TPSA) is 79.3 Å². The Bertz CT molecular complexity index is 610. The molecule has 2 bridgehead atoms. The molecule has 1 heterocycles. The smallest absolute Gasteiger partial charge is 0.307 e. The van der Waals surface area contributed by atoms with Crippen molar-refractivity contribution in [3.05, 3.63) is 28.2 Å². The van der Waals surface area contributed by atoms with Crippen molar-refractivity contribution in [2.45, 2.75) is 26.3 Å². The summed E-state index contributed by atoms with van der Waals surface area (Å²) in [5.41, 5.74) is 0.933. The van der Waals surface area contributed by atoms with Gasteiger partial charge >= 0.3 is 5.97 Å². The fourth-order valence-corrected chi connectivity index (χ4v) is 4.26. The number of carbonyl (C=O) groups excluding carboxylic acids is 1. The van der Waals surface area contributed by atoms with Gasteiger partial charge in [0.25, 0.3) is 0 Å². The normalized spacial score (nSPS) is 31.3. The van der Waals surface area contributed by atoms with Gasteiger partial charge in [-0.05, 0) is 32.1 Å². The number of nitrogens with one attached hydrogen (secondary N) is 1. The Hall–Kier alpha value is -1.69. The molecule has 0 radical (unpaired) electrons. The molecule has 6 heteroatoms. The average molecular weight is 306 g/mol. The van der Waals surface area contributed by atoms with E-state index in [2.05, 4.69) is 10.3 Å². The molecule has 1 saturated carbocycles. The number of aromatic nitrogens is 1. The third-order valence-electron chi connectivity index (χ3n) is 4.41. The molecule has 0 saturated heterocycles. The number of hydrogen-bond donors (Lipinski definition) is 2. The lowest BCUT2D eigenvalue weighted by atomic mass is 9.82. The summed E-state index contributed by atoms with van der Waals surface area (Å²) in [5.74, 6) is -2.03. The number of carboxylic acid groups (broad SMARTS) is 1. The second kappa shape index (κ2) is 5.26. The van der Waals surface area contributed by atoms with Crippen LogP contribution in [0.5, 0.6) is 0 Å². The van der Waals surface area contributed by atoms with Gasteiger partial charge in [-0.2, -0.15) is 0 Å². The van der Waals surface area contributed by atoms with E-state index in [0.717, 1.165) is 17.1 Å². The number of carbonyl (C=O) groups is 2. The van der Waals surface area contributed by atoms with Gasteiger partial charge in [-0.25, -0.2) is 4.98 Å². The van der Waals surface area contributed by atoms with Crippen LogP contribution in [0.1, 0.15) is 30.1 Å². The van der Waals surface area contributed by atoms with Crippen molar-refractivity contribution in [1.82, 2.24) is 10.3 Å². The van der Waals surface area contributed by atoms with Crippen LogP contribution >= 0.6 is 11.3 Å². The highest BCUT2D eigenvalue weighted by Gasteiger charge is 2.51. The Kier molecular flexibility index (Phi) is 3.57. The molecular formula is C15H18N2O3S. The van der Waals surface area contributed by atoms with Gasteiger partial charge in [-0.1, -0.05) is 12.2 Å². The fourth-order valence-electron chi connectivity index (χ4n) is 3.46. The van der Waals surface area contributed by atoms with E-state index >= 15 is 0 Å². The Morgan fingerprint density at radius 3 is 2.62 bits per heavy atom. The molecule has 2 N–H and O–H groups in total. The number of nitrogens with zero attached hydrogens (tertiary/aromatic N) is 1. The number of fused-ring (bicyclic) bond motifs is 2. The minimum absolute atomic E-state index is 0.000614. The van der Waals surface area contributed by atoms with E-state index in [-0.39, 0.29) is 23.8 Å².